The molecule has 0 aliphatic carbocycles. The van der Waals surface area contributed by atoms with Crippen LogP contribution in [0.25, 0.3) is 5.76 Å². The van der Waals surface area contributed by atoms with Gasteiger partial charge < -0.3 is 24.4 Å². The highest BCUT2D eigenvalue weighted by atomic mass is 16.5. The van der Waals surface area contributed by atoms with Crippen molar-refractivity contribution in [3.8, 4) is 11.5 Å². The van der Waals surface area contributed by atoms with Crippen molar-refractivity contribution in [2.45, 2.75) is 19.6 Å². The summed E-state index contributed by atoms with van der Waals surface area (Å²) in [6, 6.07) is 21.4. The molecule has 1 amide bonds. The molecule has 1 N–H and O–H groups in total. The molecule has 0 saturated carbocycles. The average molecular weight is 501 g/mol. The van der Waals surface area contributed by atoms with Crippen LogP contribution in [0.3, 0.4) is 0 Å². The summed E-state index contributed by atoms with van der Waals surface area (Å²) in [5, 5.41) is 11.3. The topological polar surface area (TPSA) is 79.3 Å². The molecule has 0 bridgehead atoms. The summed E-state index contributed by atoms with van der Waals surface area (Å²) >= 11 is 0. The van der Waals surface area contributed by atoms with Gasteiger partial charge in [0.15, 0.2) is 0 Å². The minimum Gasteiger partial charge on any atom is -0.507 e. The molecular weight excluding hydrogens is 468 g/mol. The van der Waals surface area contributed by atoms with Gasteiger partial charge in [0.2, 0.25) is 0 Å². The molecule has 0 radical (unpaired) electrons. The van der Waals surface area contributed by atoms with Crippen LogP contribution in [-0.2, 0) is 16.2 Å². The highest BCUT2D eigenvalue weighted by Gasteiger charge is 2.45. The Morgan fingerprint density at radius 3 is 2.22 bits per heavy atom. The Labute approximate surface area is 217 Å². The molecule has 1 saturated heterocycles. The first-order chi connectivity index (χ1) is 17.8. The first kappa shape index (κ1) is 26.0. The number of benzene rings is 3. The number of carbonyl (C=O) groups is 2. The second-order valence-electron chi connectivity index (χ2n) is 9.31. The number of ketones is 1. The Morgan fingerprint density at radius 2 is 1.59 bits per heavy atom. The number of rotatable bonds is 9. The van der Waals surface area contributed by atoms with E-state index in [1.165, 1.54) is 4.90 Å². The van der Waals surface area contributed by atoms with Crippen molar-refractivity contribution in [3.63, 3.8) is 0 Å². The van der Waals surface area contributed by atoms with Gasteiger partial charge in [0.25, 0.3) is 11.7 Å². The predicted molar refractivity (Wildman–Crippen MR) is 143 cm³/mol. The smallest absolute Gasteiger partial charge is 0.295 e. The van der Waals surface area contributed by atoms with E-state index >= 15 is 0 Å². The van der Waals surface area contributed by atoms with E-state index in [9.17, 15) is 14.7 Å². The van der Waals surface area contributed by atoms with Crippen molar-refractivity contribution in [3.05, 3.63) is 101 Å². The minimum atomic E-state index is -0.706. The van der Waals surface area contributed by atoms with Gasteiger partial charge in [-0.2, -0.15) is 0 Å². The van der Waals surface area contributed by atoms with Crippen molar-refractivity contribution in [1.29, 1.82) is 0 Å². The van der Waals surface area contributed by atoms with Crippen LogP contribution in [0, 0.1) is 6.92 Å². The van der Waals surface area contributed by atoms with E-state index in [0.717, 1.165) is 16.7 Å². The third kappa shape index (κ3) is 5.67. The fourth-order valence-corrected chi connectivity index (χ4v) is 4.35. The van der Waals surface area contributed by atoms with Crippen molar-refractivity contribution in [2.24, 2.45) is 0 Å². The molecular formula is C30H32N2O5. The lowest BCUT2D eigenvalue weighted by Gasteiger charge is -2.26. The molecule has 7 heteroatoms. The number of hydrogen-bond donors (Lipinski definition) is 1. The number of aryl methyl sites for hydroxylation is 1. The fourth-order valence-electron chi connectivity index (χ4n) is 4.35. The Kier molecular flexibility index (Phi) is 7.94. The normalized spacial score (nSPS) is 16.9. The molecule has 0 aromatic heterocycles. The van der Waals surface area contributed by atoms with E-state index in [1.54, 1.807) is 43.5 Å². The average Bonchev–Trinajstić information content (AvgIpc) is 3.16. The lowest BCUT2D eigenvalue weighted by Crippen LogP contribution is -2.35. The summed E-state index contributed by atoms with van der Waals surface area (Å²) in [6.45, 7) is 3.38. The van der Waals surface area contributed by atoms with Gasteiger partial charge in [-0.05, 0) is 74.1 Å². The summed E-state index contributed by atoms with van der Waals surface area (Å²) in [4.78, 5) is 29.7. The van der Waals surface area contributed by atoms with Gasteiger partial charge in [-0.3, -0.25) is 9.59 Å². The van der Waals surface area contributed by atoms with Crippen LogP contribution in [0.15, 0.2) is 78.4 Å². The molecule has 4 rings (SSSR count). The molecule has 1 aliphatic rings. The van der Waals surface area contributed by atoms with Crippen LogP contribution in [0.1, 0.15) is 28.3 Å². The Balaban J connectivity index is 1.65. The second kappa shape index (κ2) is 11.3. The third-order valence-corrected chi connectivity index (χ3v) is 6.54. The van der Waals surface area contributed by atoms with Crippen LogP contribution in [-0.4, -0.2) is 60.9 Å². The maximum absolute atomic E-state index is 13.2. The van der Waals surface area contributed by atoms with Crippen LogP contribution < -0.4 is 9.47 Å². The first-order valence-electron chi connectivity index (χ1n) is 12.1. The monoisotopic (exact) mass is 500 g/mol. The minimum absolute atomic E-state index is 0.0718. The fraction of sp³-hybridized carbons (Fsp3) is 0.267. The number of ether oxygens (including phenoxy) is 2. The van der Waals surface area contributed by atoms with Crippen LogP contribution >= 0.6 is 0 Å². The molecule has 0 spiro atoms. The zero-order valence-corrected chi connectivity index (χ0v) is 21.6. The van der Waals surface area contributed by atoms with E-state index in [4.69, 9.17) is 9.47 Å². The van der Waals surface area contributed by atoms with E-state index in [2.05, 4.69) is 0 Å². The molecule has 1 unspecified atom stereocenters. The molecule has 3 aromatic rings. The first-order valence-corrected chi connectivity index (χ1v) is 12.1. The van der Waals surface area contributed by atoms with Crippen LogP contribution in [0.2, 0.25) is 0 Å². The zero-order chi connectivity index (χ0) is 26.5. The number of amides is 1. The standard InChI is InChI=1S/C30H32N2O5/c1-20-7-5-6-8-23(20)19-37-25-15-11-22(12-16-25)28(33)26-27(21-9-13-24(36-4)14-10-21)32(18-17-31(2)3)30(35)29(26)34/h5-16,27,33H,17-19H2,1-4H3. The van der Waals surface area contributed by atoms with Gasteiger partial charge >= 0.3 is 0 Å². The highest BCUT2D eigenvalue weighted by molar-refractivity contribution is 6.46. The Bertz CT molecular complexity index is 1300. The number of aliphatic hydroxyl groups excluding tert-OH is 1. The summed E-state index contributed by atoms with van der Waals surface area (Å²) in [7, 11) is 5.38. The van der Waals surface area contributed by atoms with E-state index < -0.39 is 17.7 Å². The van der Waals surface area contributed by atoms with Crippen molar-refractivity contribution in [1.82, 2.24) is 9.80 Å². The maximum atomic E-state index is 13.2. The summed E-state index contributed by atoms with van der Waals surface area (Å²) in [6.07, 6.45) is 0. The summed E-state index contributed by atoms with van der Waals surface area (Å²) in [5.74, 6) is -0.232. The van der Waals surface area contributed by atoms with Gasteiger partial charge in [-0.1, -0.05) is 36.4 Å². The molecule has 192 valence electrons. The Hall–Kier alpha value is -4.10. The Morgan fingerprint density at radius 1 is 0.946 bits per heavy atom. The maximum Gasteiger partial charge on any atom is 0.295 e. The molecule has 1 atom stereocenters. The van der Waals surface area contributed by atoms with Crippen molar-refractivity contribution in [2.75, 3.05) is 34.3 Å². The lowest BCUT2D eigenvalue weighted by atomic mass is 9.95. The molecule has 1 fully saturated rings. The van der Waals surface area contributed by atoms with Gasteiger partial charge in [0.05, 0.1) is 18.7 Å². The quantitative estimate of drug-likeness (QED) is 0.264. The van der Waals surface area contributed by atoms with E-state index in [1.807, 2.05) is 62.3 Å². The number of likely N-dealkylation sites (N-methyl/N-ethyl adjacent to an activating group) is 1. The number of methoxy groups -OCH3 is 1. The summed E-state index contributed by atoms with van der Waals surface area (Å²) < 4.78 is 11.2. The molecule has 1 aliphatic heterocycles. The number of likely N-dealkylation sites (tertiary alicyclic amines) is 1. The number of carbonyl (C=O) groups excluding carboxylic acids is 2. The molecule has 7 nitrogen and oxygen atoms in total. The number of aliphatic hydroxyl groups is 1. The SMILES string of the molecule is COc1ccc(C2C(=C(O)c3ccc(OCc4ccccc4C)cc3)C(=O)C(=O)N2CCN(C)C)cc1. The number of hydrogen-bond acceptors (Lipinski definition) is 6. The van der Waals surface area contributed by atoms with E-state index in [-0.39, 0.29) is 11.3 Å². The van der Waals surface area contributed by atoms with Crippen molar-refractivity contribution < 1.29 is 24.2 Å². The van der Waals surface area contributed by atoms with Crippen LogP contribution in [0.4, 0.5) is 0 Å². The van der Waals surface area contributed by atoms with Gasteiger partial charge in [-0.15, -0.1) is 0 Å². The van der Waals surface area contributed by atoms with Gasteiger partial charge in [0.1, 0.15) is 23.9 Å². The molecule has 1 heterocycles. The van der Waals surface area contributed by atoms with Gasteiger partial charge in [0, 0.05) is 18.7 Å². The number of nitrogens with zero attached hydrogens (tertiary/aromatic N) is 2. The predicted octanol–water partition coefficient (Wildman–Crippen LogP) is 4.57. The van der Waals surface area contributed by atoms with Crippen LogP contribution in [0.5, 0.6) is 11.5 Å². The second-order valence-corrected chi connectivity index (χ2v) is 9.31. The highest BCUT2D eigenvalue weighted by Crippen LogP contribution is 2.39. The molecule has 37 heavy (non-hydrogen) atoms. The van der Waals surface area contributed by atoms with E-state index in [0.29, 0.717) is 36.8 Å². The van der Waals surface area contributed by atoms with Gasteiger partial charge in [-0.25, -0.2) is 0 Å². The zero-order valence-electron chi connectivity index (χ0n) is 21.6. The largest absolute Gasteiger partial charge is 0.507 e. The third-order valence-electron chi connectivity index (χ3n) is 6.54. The summed E-state index contributed by atoms with van der Waals surface area (Å²) in [5.41, 5.74) is 3.47. The lowest BCUT2D eigenvalue weighted by molar-refractivity contribution is -0.140. The number of Topliss-reactive ketones (excluding diaryl/α,β-unsaturated/α-hetero) is 1. The van der Waals surface area contributed by atoms with Crippen molar-refractivity contribution >= 4 is 17.4 Å². The molecule has 3 aromatic carbocycles.